The van der Waals surface area contributed by atoms with Crippen LogP contribution in [0.1, 0.15) is 22.0 Å². The van der Waals surface area contributed by atoms with E-state index in [0.717, 1.165) is 11.3 Å². The molecule has 4 rings (SSSR count). The SMILES string of the molecule is O=C(NC1C(=O)NN(c2ccccc2)C1c1ccncc1)c1ccccc1. The second-order valence-corrected chi connectivity index (χ2v) is 6.22. The van der Waals surface area contributed by atoms with Crippen LogP contribution in [0.3, 0.4) is 0 Å². The first-order valence-corrected chi connectivity index (χ1v) is 8.64. The molecule has 0 bridgehead atoms. The Kier molecular flexibility index (Phi) is 4.53. The Morgan fingerprint density at radius 3 is 2.22 bits per heavy atom. The highest BCUT2D eigenvalue weighted by Crippen LogP contribution is 2.32. The molecule has 1 aliphatic heterocycles. The Morgan fingerprint density at radius 1 is 0.926 bits per heavy atom. The minimum absolute atomic E-state index is 0.259. The maximum Gasteiger partial charge on any atom is 0.263 e. The van der Waals surface area contributed by atoms with Gasteiger partial charge in [0.1, 0.15) is 12.1 Å². The Labute approximate surface area is 156 Å². The van der Waals surface area contributed by atoms with Crippen LogP contribution in [0.4, 0.5) is 5.69 Å². The summed E-state index contributed by atoms with van der Waals surface area (Å²) in [5.41, 5.74) is 5.11. The maximum atomic E-state index is 12.7. The van der Waals surface area contributed by atoms with Gasteiger partial charge in [0.15, 0.2) is 0 Å². The third-order valence-corrected chi connectivity index (χ3v) is 4.51. The quantitative estimate of drug-likeness (QED) is 0.751. The number of amides is 2. The molecule has 2 unspecified atom stereocenters. The Bertz CT molecular complexity index is 932. The van der Waals surface area contributed by atoms with E-state index in [4.69, 9.17) is 0 Å². The van der Waals surface area contributed by atoms with Crippen LogP contribution in [0, 0.1) is 0 Å². The summed E-state index contributed by atoms with van der Waals surface area (Å²) in [5.74, 6) is -0.547. The molecule has 2 N–H and O–H groups in total. The molecule has 2 aromatic carbocycles. The Morgan fingerprint density at radius 2 is 1.56 bits per heavy atom. The first-order valence-electron chi connectivity index (χ1n) is 8.64. The van der Waals surface area contributed by atoms with Crippen molar-refractivity contribution < 1.29 is 9.59 Å². The first kappa shape index (κ1) is 16.8. The monoisotopic (exact) mass is 358 g/mol. The van der Waals surface area contributed by atoms with Crippen molar-refractivity contribution >= 4 is 17.5 Å². The molecule has 1 saturated heterocycles. The highest BCUT2D eigenvalue weighted by molar-refractivity contribution is 5.99. The van der Waals surface area contributed by atoms with Crippen molar-refractivity contribution in [3.63, 3.8) is 0 Å². The van der Waals surface area contributed by atoms with Crippen LogP contribution < -0.4 is 15.8 Å². The van der Waals surface area contributed by atoms with Crippen LogP contribution >= 0.6 is 0 Å². The fraction of sp³-hybridized carbons (Fsp3) is 0.0952. The molecule has 0 spiro atoms. The number of aromatic nitrogens is 1. The number of carbonyl (C=O) groups excluding carboxylic acids is 2. The molecular weight excluding hydrogens is 340 g/mol. The predicted molar refractivity (Wildman–Crippen MR) is 102 cm³/mol. The number of benzene rings is 2. The zero-order valence-corrected chi connectivity index (χ0v) is 14.4. The smallest absolute Gasteiger partial charge is 0.263 e. The second-order valence-electron chi connectivity index (χ2n) is 6.22. The van der Waals surface area contributed by atoms with E-state index in [-0.39, 0.29) is 11.8 Å². The average molecular weight is 358 g/mol. The lowest BCUT2D eigenvalue weighted by Gasteiger charge is -2.28. The van der Waals surface area contributed by atoms with Gasteiger partial charge in [-0.15, -0.1) is 0 Å². The summed E-state index contributed by atoms with van der Waals surface area (Å²) in [6, 6.07) is 21.0. The molecule has 2 atom stereocenters. The third-order valence-electron chi connectivity index (χ3n) is 4.51. The summed E-state index contributed by atoms with van der Waals surface area (Å²) in [4.78, 5) is 29.4. The van der Waals surface area contributed by atoms with Crippen LogP contribution in [0.5, 0.6) is 0 Å². The summed E-state index contributed by atoms with van der Waals surface area (Å²) in [5, 5.41) is 4.67. The molecule has 134 valence electrons. The fourth-order valence-electron chi connectivity index (χ4n) is 3.22. The number of nitrogens with zero attached hydrogens (tertiary/aromatic N) is 2. The largest absolute Gasteiger partial charge is 0.338 e. The van der Waals surface area contributed by atoms with Gasteiger partial charge in [-0.1, -0.05) is 36.4 Å². The number of pyridine rings is 1. The number of anilines is 1. The zero-order chi connectivity index (χ0) is 18.6. The van der Waals surface area contributed by atoms with Gasteiger partial charge >= 0.3 is 0 Å². The summed E-state index contributed by atoms with van der Waals surface area (Å²) in [6.07, 6.45) is 3.36. The van der Waals surface area contributed by atoms with E-state index in [2.05, 4.69) is 15.7 Å². The number of hydrazine groups is 1. The Hall–Kier alpha value is -3.67. The summed E-state index contributed by atoms with van der Waals surface area (Å²) < 4.78 is 0. The molecule has 6 heteroatoms. The third kappa shape index (κ3) is 3.37. The van der Waals surface area contributed by atoms with E-state index < -0.39 is 12.1 Å². The van der Waals surface area contributed by atoms with Crippen molar-refractivity contribution in [2.24, 2.45) is 0 Å². The van der Waals surface area contributed by atoms with Gasteiger partial charge in [0, 0.05) is 18.0 Å². The number of rotatable bonds is 4. The summed E-state index contributed by atoms with van der Waals surface area (Å²) >= 11 is 0. The normalized spacial score (nSPS) is 18.8. The highest BCUT2D eigenvalue weighted by atomic mass is 16.2. The highest BCUT2D eigenvalue weighted by Gasteiger charge is 2.43. The topological polar surface area (TPSA) is 74.3 Å². The van der Waals surface area contributed by atoms with Crippen LogP contribution in [0.2, 0.25) is 0 Å². The van der Waals surface area contributed by atoms with Gasteiger partial charge in [0.2, 0.25) is 0 Å². The van der Waals surface area contributed by atoms with Crippen LogP contribution in [-0.4, -0.2) is 22.8 Å². The lowest BCUT2D eigenvalue weighted by Crippen LogP contribution is -2.43. The average Bonchev–Trinajstić information content (AvgIpc) is 3.06. The summed E-state index contributed by atoms with van der Waals surface area (Å²) in [7, 11) is 0. The van der Waals surface area contributed by atoms with Crippen molar-refractivity contribution in [3.05, 3.63) is 96.3 Å². The van der Waals surface area contributed by atoms with E-state index in [0.29, 0.717) is 5.56 Å². The van der Waals surface area contributed by atoms with E-state index in [1.807, 2.05) is 48.5 Å². The van der Waals surface area contributed by atoms with E-state index in [1.165, 1.54) is 0 Å². The molecule has 27 heavy (non-hydrogen) atoms. The van der Waals surface area contributed by atoms with Crippen LogP contribution in [0.15, 0.2) is 85.2 Å². The zero-order valence-electron chi connectivity index (χ0n) is 14.4. The molecule has 6 nitrogen and oxygen atoms in total. The Balaban J connectivity index is 1.69. The van der Waals surface area contributed by atoms with Gasteiger partial charge in [-0.05, 0) is 42.0 Å². The van der Waals surface area contributed by atoms with Crippen LogP contribution in [-0.2, 0) is 4.79 Å². The van der Waals surface area contributed by atoms with Crippen molar-refractivity contribution in [3.8, 4) is 0 Å². The lowest BCUT2D eigenvalue weighted by molar-refractivity contribution is -0.120. The van der Waals surface area contributed by atoms with Gasteiger partial charge in [-0.3, -0.25) is 25.0 Å². The van der Waals surface area contributed by atoms with Gasteiger partial charge in [0.05, 0.1) is 5.69 Å². The number of para-hydroxylation sites is 1. The molecular formula is C21H18N4O2. The first-order chi connectivity index (χ1) is 13.2. The van der Waals surface area contributed by atoms with Crippen molar-refractivity contribution in [1.82, 2.24) is 15.7 Å². The minimum Gasteiger partial charge on any atom is -0.338 e. The number of hydrogen-bond acceptors (Lipinski definition) is 4. The van der Waals surface area contributed by atoms with Crippen molar-refractivity contribution in [2.45, 2.75) is 12.1 Å². The van der Waals surface area contributed by atoms with E-state index in [9.17, 15) is 9.59 Å². The molecule has 1 aromatic heterocycles. The standard InChI is InChI=1S/C21H18N4O2/c26-20(16-7-3-1-4-8-16)23-18-19(15-11-13-22-14-12-15)25(24-21(18)27)17-9-5-2-6-10-17/h1-14,18-19H,(H,23,26)(H,24,27). The van der Waals surface area contributed by atoms with Crippen molar-refractivity contribution in [1.29, 1.82) is 0 Å². The number of carbonyl (C=O) groups is 2. The van der Waals surface area contributed by atoms with Crippen molar-refractivity contribution in [2.75, 3.05) is 5.01 Å². The minimum atomic E-state index is -0.736. The van der Waals surface area contributed by atoms with Crippen LogP contribution in [0.25, 0.3) is 0 Å². The fourth-order valence-corrected chi connectivity index (χ4v) is 3.22. The molecule has 1 fully saturated rings. The molecule has 0 radical (unpaired) electrons. The molecule has 1 aliphatic rings. The van der Waals surface area contributed by atoms with Gasteiger partial charge in [-0.2, -0.15) is 0 Å². The summed E-state index contributed by atoms with van der Waals surface area (Å²) in [6.45, 7) is 0. The van der Waals surface area contributed by atoms with E-state index in [1.54, 1.807) is 41.7 Å². The molecule has 0 saturated carbocycles. The lowest BCUT2D eigenvalue weighted by atomic mass is 10.00. The predicted octanol–water partition coefficient (Wildman–Crippen LogP) is 2.47. The molecule has 2 heterocycles. The number of nitrogens with one attached hydrogen (secondary N) is 2. The molecule has 2 amide bonds. The second kappa shape index (κ2) is 7.29. The van der Waals surface area contributed by atoms with Gasteiger partial charge in [-0.25, -0.2) is 0 Å². The molecule has 0 aliphatic carbocycles. The van der Waals surface area contributed by atoms with E-state index >= 15 is 0 Å². The molecule has 3 aromatic rings. The number of hydrogen-bond donors (Lipinski definition) is 2. The maximum absolute atomic E-state index is 12.7. The van der Waals surface area contributed by atoms with Gasteiger partial charge < -0.3 is 5.32 Å². The van der Waals surface area contributed by atoms with Gasteiger partial charge in [0.25, 0.3) is 11.8 Å².